The molecular weight excluding hydrogens is 256 g/mol. The lowest BCUT2D eigenvalue weighted by atomic mass is 9.92. The van der Waals surface area contributed by atoms with Crippen molar-refractivity contribution < 1.29 is 4.79 Å². The molecule has 1 aromatic rings. The normalized spacial score (nSPS) is 11.2. The van der Waals surface area contributed by atoms with Gasteiger partial charge in [0.25, 0.3) is 0 Å². The molecule has 0 radical (unpaired) electrons. The lowest BCUT2D eigenvalue weighted by Gasteiger charge is -2.16. The maximum atomic E-state index is 11.9. The Kier molecular flexibility index (Phi) is 5.13. The van der Waals surface area contributed by atoms with Crippen LogP contribution in [0.15, 0.2) is 11.1 Å². The van der Waals surface area contributed by atoms with Crippen LogP contribution in [0.25, 0.3) is 0 Å². The Bertz CT molecular complexity index is 524. The fraction of sp³-hybridized carbons (Fsp3) is 0.533. The Balaban J connectivity index is 2.95. The molecule has 0 atom stereocenters. The highest BCUT2D eigenvalue weighted by Crippen LogP contribution is 2.26. The molecule has 0 spiro atoms. The summed E-state index contributed by atoms with van der Waals surface area (Å²) in [6, 6.07) is 4.01. The molecule has 0 aromatic carbocycles. The zero-order valence-electron chi connectivity index (χ0n) is 12.2. The molecule has 0 saturated carbocycles. The van der Waals surface area contributed by atoms with Crippen molar-refractivity contribution in [3.05, 3.63) is 22.9 Å². The number of aryl methyl sites for hydroxylation is 2. The third-order valence-electron chi connectivity index (χ3n) is 2.91. The van der Waals surface area contributed by atoms with E-state index in [4.69, 9.17) is 5.26 Å². The van der Waals surface area contributed by atoms with Crippen molar-refractivity contribution in [2.45, 2.75) is 46.1 Å². The van der Waals surface area contributed by atoms with Gasteiger partial charge in [0.05, 0.1) is 11.3 Å². The second kappa shape index (κ2) is 6.21. The summed E-state index contributed by atoms with van der Waals surface area (Å²) in [7, 11) is 0. The van der Waals surface area contributed by atoms with Gasteiger partial charge >= 0.3 is 0 Å². The van der Waals surface area contributed by atoms with Gasteiger partial charge in [0.1, 0.15) is 16.9 Å². The van der Waals surface area contributed by atoms with E-state index in [1.807, 2.05) is 40.7 Å². The van der Waals surface area contributed by atoms with E-state index >= 15 is 0 Å². The Morgan fingerprint density at radius 3 is 2.58 bits per heavy atom. The highest BCUT2D eigenvalue weighted by molar-refractivity contribution is 8.00. The average Bonchev–Trinajstić information content (AvgIpc) is 2.35. The van der Waals surface area contributed by atoms with Gasteiger partial charge in [0.15, 0.2) is 0 Å². The second-order valence-electron chi connectivity index (χ2n) is 5.53. The van der Waals surface area contributed by atoms with Gasteiger partial charge in [-0.15, -0.1) is 0 Å². The van der Waals surface area contributed by atoms with Crippen LogP contribution in [-0.4, -0.2) is 16.5 Å². The van der Waals surface area contributed by atoms with E-state index < -0.39 is 0 Å². The highest BCUT2D eigenvalue weighted by Gasteiger charge is 2.22. The predicted octanol–water partition coefficient (Wildman–Crippen LogP) is 3.53. The van der Waals surface area contributed by atoms with Gasteiger partial charge in [0, 0.05) is 11.1 Å². The number of hydrogen-bond acceptors (Lipinski definition) is 4. The minimum atomic E-state index is -0.349. The van der Waals surface area contributed by atoms with E-state index in [1.54, 1.807) is 0 Å². The van der Waals surface area contributed by atoms with E-state index in [0.717, 1.165) is 17.7 Å². The molecule has 1 rings (SSSR count). The van der Waals surface area contributed by atoms with Crippen molar-refractivity contribution in [1.29, 1.82) is 5.26 Å². The molecule has 0 bridgehead atoms. The van der Waals surface area contributed by atoms with Crippen LogP contribution in [0.3, 0.4) is 0 Å². The SMILES string of the molecule is CCc1nc(SCC(=O)C(C)(C)C)c(C#N)cc1C. The van der Waals surface area contributed by atoms with E-state index in [9.17, 15) is 4.79 Å². The van der Waals surface area contributed by atoms with Gasteiger partial charge in [-0.2, -0.15) is 5.26 Å². The number of pyridine rings is 1. The van der Waals surface area contributed by atoms with Gasteiger partial charge in [-0.3, -0.25) is 4.79 Å². The number of nitrogens with zero attached hydrogens (tertiary/aromatic N) is 2. The number of aromatic nitrogens is 1. The molecular formula is C15H20N2OS. The lowest BCUT2D eigenvalue weighted by molar-refractivity contribution is -0.123. The maximum Gasteiger partial charge on any atom is 0.148 e. The number of nitriles is 1. The van der Waals surface area contributed by atoms with Gasteiger partial charge < -0.3 is 0 Å². The monoisotopic (exact) mass is 276 g/mol. The molecule has 0 unspecified atom stereocenters. The fourth-order valence-electron chi connectivity index (χ4n) is 1.53. The lowest BCUT2D eigenvalue weighted by Crippen LogP contribution is -2.22. The largest absolute Gasteiger partial charge is 0.298 e. The van der Waals surface area contributed by atoms with Crippen LogP contribution < -0.4 is 0 Å². The van der Waals surface area contributed by atoms with Crippen LogP contribution in [0, 0.1) is 23.7 Å². The standard InChI is InChI=1S/C15H20N2OS/c1-6-12-10(2)7-11(8-16)14(17-12)19-9-13(18)15(3,4)5/h7H,6,9H2,1-5H3. The van der Waals surface area contributed by atoms with Crippen molar-refractivity contribution in [1.82, 2.24) is 4.98 Å². The molecule has 0 amide bonds. The smallest absolute Gasteiger partial charge is 0.148 e. The second-order valence-corrected chi connectivity index (χ2v) is 6.50. The first kappa shape index (κ1) is 15.7. The molecule has 1 aromatic heterocycles. The molecule has 0 aliphatic carbocycles. The fourth-order valence-corrected chi connectivity index (χ4v) is 2.67. The molecule has 0 aliphatic heterocycles. The summed E-state index contributed by atoms with van der Waals surface area (Å²) in [5, 5.41) is 9.81. The first-order chi connectivity index (χ1) is 8.79. The number of hydrogen-bond donors (Lipinski definition) is 0. The molecule has 0 aliphatic rings. The number of ketones is 1. The first-order valence-corrected chi connectivity index (χ1v) is 7.34. The van der Waals surface area contributed by atoms with Crippen LogP contribution in [0.4, 0.5) is 0 Å². The van der Waals surface area contributed by atoms with Gasteiger partial charge in [-0.25, -0.2) is 4.98 Å². The number of carbonyl (C=O) groups excluding carboxylic acids is 1. The van der Waals surface area contributed by atoms with E-state index in [0.29, 0.717) is 16.3 Å². The van der Waals surface area contributed by atoms with Crippen molar-refractivity contribution >= 4 is 17.5 Å². The molecule has 4 heteroatoms. The van der Waals surface area contributed by atoms with E-state index in [2.05, 4.69) is 11.1 Å². The van der Waals surface area contributed by atoms with Crippen molar-refractivity contribution in [3.63, 3.8) is 0 Å². The number of carbonyl (C=O) groups is 1. The van der Waals surface area contributed by atoms with Crippen molar-refractivity contribution in [2.24, 2.45) is 5.41 Å². The Morgan fingerprint density at radius 2 is 2.11 bits per heavy atom. The van der Waals surface area contributed by atoms with Crippen LogP contribution in [-0.2, 0) is 11.2 Å². The molecule has 0 N–H and O–H groups in total. The molecule has 19 heavy (non-hydrogen) atoms. The summed E-state index contributed by atoms with van der Waals surface area (Å²) in [5.74, 6) is 0.527. The summed E-state index contributed by atoms with van der Waals surface area (Å²) < 4.78 is 0. The summed E-state index contributed by atoms with van der Waals surface area (Å²) in [6.07, 6.45) is 0.832. The summed E-state index contributed by atoms with van der Waals surface area (Å²) >= 11 is 1.36. The van der Waals surface area contributed by atoms with Crippen LogP contribution in [0.1, 0.15) is 44.5 Å². The van der Waals surface area contributed by atoms with Crippen LogP contribution >= 0.6 is 11.8 Å². The number of Topliss-reactive ketones (excluding diaryl/α,β-unsaturated/α-hetero) is 1. The van der Waals surface area contributed by atoms with Crippen LogP contribution in [0.2, 0.25) is 0 Å². The average molecular weight is 276 g/mol. The number of thioether (sulfide) groups is 1. The third-order valence-corrected chi connectivity index (χ3v) is 3.91. The first-order valence-electron chi connectivity index (χ1n) is 6.36. The molecule has 0 saturated heterocycles. The molecule has 1 heterocycles. The maximum absolute atomic E-state index is 11.9. The van der Waals surface area contributed by atoms with Gasteiger partial charge in [-0.1, -0.05) is 39.5 Å². The van der Waals surface area contributed by atoms with E-state index in [1.165, 1.54) is 11.8 Å². The summed E-state index contributed by atoms with van der Waals surface area (Å²) in [6.45, 7) is 9.71. The minimum absolute atomic E-state index is 0.168. The zero-order valence-corrected chi connectivity index (χ0v) is 13.0. The van der Waals surface area contributed by atoms with Crippen molar-refractivity contribution in [3.8, 4) is 6.07 Å². The molecule has 0 fully saturated rings. The summed E-state index contributed by atoms with van der Waals surface area (Å²) in [4.78, 5) is 16.4. The summed E-state index contributed by atoms with van der Waals surface area (Å²) in [5.41, 5.74) is 2.23. The van der Waals surface area contributed by atoms with Gasteiger partial charge in [-0.05, 0) is 25.0 Å². The van der Waals surface area contributed by atoms with Crippen LogP contribution in [0.5, 0.6) is 0 Å². The third kappa shape index (κ3) is 4.07. The minimum Gasteiger partial charge on any atom is -0.298 e. The quantitative estimate of drug-likeness (QED) is 0.789. The predicted molar refractivity (Wildman–Crippen MR) is 78.3 cm³/mol. The Labute approximate surface area is 119 Å². The zero-order chi connectivity index (χ0) is 14.6. The number of rotatable bonds is 4. The Morgan fingerprint density at radius 1 is 1.47 bits per heavy atom. The van der Waals surface area contributed by atoms with E-state index in [-0.39, 0.29) is 11.2 Å². The molecule has 3 nitrogen and oxygen atoms in total. The van der Waals surface area contributed by atoms with Crippen molar-refractivity contribution in [2.75, 3.05) is 5.75 Å². The van der Waals surface area contributed by atoms with Gasteiger partial charge in [0.2, 0.25) is 0 Å². The Hall–Kier alpha value is -1.34. The molecule has 102 valence electrons. The topological polar surface area (TPSA) is 53.8 Å². The highest BCUT2D eigenvalue weighted by atomic mass is 32.2.